The molecule has 5 nitrogen and oxygen atoms in total. The molecule has 0 bridgehead atoms. The Bertz CT molecular complexity index is 1280. The van der Waals surface area contributed by atoms with Gasteiger partial charge in [-0.1, -0.05) is 25.4 Å². The van der Waals surface area contributed by atoms with Crippen molar-refractivity contribution < 1.29 is 37.4 Å². The molecule has 1 aromatic heterocycles. The van der Waals surface area contributed by atoms with E-state index in [0.29, 0.717) is 16.1 Å². The number of carbonyl (C=O) groups is 3. The predicted octanol–water partition coefficient (Wildman–Crippen LogP) is 6.96. The number of halogens is 4. The molecule has 8 atom stereocenters. The van der Waals surface area contributed by atoms with Crippen molar-refractivity contribution in [2.45, 2.75) is 63.9 Å². The number of hydrogen-bond donors (Lipinski definition) is 1. The van der Waals surface area contributed by atoms with Crippen LogP contribution in [0.4, 0.5) is 13.2 Å². The number of thiophene rings is 1. The van der Waals surface area contributed by atoms with Crippen LogP contribution >= 0.6 is 34.7 Å². The molecular formula is C27H28ClF3O5S2. The number of alkyl halides is 3. The maximum absolute atomic E-state index is 17.4. The average Bonchev–Trinajstić information content (AvgIpc) is 3.38. The average molecular weight is 589 g/mol. The summed E-state index contributed by atoms with van der Waals surface area (Å²) in [5.74, 6) is -4.09. The van der Waals surface area contributed by atoms with Gasteiger partial charge < -0.3 is 9.84 Å². The van der Waals surface area contributed by atoms with Crippen LogP contribution in [0.5, 0.6) is 0 Å². The molecule has 3 saturated carbocycles. The minimum atomic E-state index is -2.12. The van der Waals surface area contributed by atoms with E-state index in [2.05, 4.69) is 0 Å². The molecule has 38 heavy (non-hydrogen) atoms. The molecule has 0 spiro atoms. The van der Waals surface area contributed by atoms with Crippen LogP contribution < -0.4 is 0 Å². The molecular weight excluding hydrogens is 561 g/mol. The van der Waals surface area contributed by atoms with Gasteiger partial charge in [0.1, 0.15) is 28.5 Å². The molecule has 5 rings (SSSR count). The van der Waals surface area contributed by atoms with Crippen LogP contribution in [0.2, 0.25) is 4.34 Å². The number of fused-ring (bicyclic) bond motifs is 5. The first-order chi connectivity index (χ1) is 17.8. The molecule has 0 aromatic carbocycles. The fraction of sp³-hybridized carbons (Fsp3) is 0.593. The monoisotopic (exact) mass is 588 g/mol. The van der Waals surface area contributed by atoms with E-state index >= 15 is 8.78 Å². The molecule has 4 aliphatic carbocycles. The second-order valence-electron chi connectivity index (χ2n) is 11.3. The summed E-state index contributed by atoms with van der Waals surface area (Å²) in [6.07, 6.45) is 0.190. The second-order valence-corrected chi connectivity index (χ2v) is 13.9. The van der Waals surface area contributed by atoms with Crippen LogP contribution in [0.25, 0.3) is 0 Å². The largest absolute Gasteiger partial charge is 0.511 e. The van der Waals surface area contributed by atoms with Gasteiger partial charge in [0.2, 0.25) is 5.12 Å². The Morgan fingerprint density at radius 2 is 1.92 bits per heavy atom. The zero-order valence-electron chi connectivity index (χ0n) is 21.1. The molecule has 0 aliphatic heterocycles. The first-order valence-corrected chi connectivity index (χ1v) is 14.7. The number of thioether (sulfide) groups is 1. The fourth-order valence-corrected chi connectivity index (χ4v) is 9.69. The van der Waals surface area contributed by atoms with E-state index in [4.69, 9.17) is 16.3 Å². The van der Waals surface area contributed by atoms with Crippen LogP contribution in [0.15, 0.2) is 35.6 Å². The number of aliphatic hydroxyl groups is 1. The lowest BCUT2D eigenvalue weighted by Gasteiger charge is -2.61. The first kappa shape index (κ1) is 27.8. The van der Waals surface area contributed by atoms with Crippen LogP contribution in [-0.2, 0) is 14.3 Å². The van der Waals surface area contributed by atoms with Crippen LogP contribution in [-0.4, -0.2) is 45.4 Å². The Balaban J connectivity index is 1.61. The van der Waals surface area contributed by atoms with E-state index in [1.54, 1.807) is 13.8 Å². The molecule has 4 aliphatic rings. The molecule has 0 unspecified atom stereocenters. The highest BCUT2D eigenvalue weighted by Gasteiger charge is 2.76. The lowest BCUT2D eigenvalue weighted by atomic mass is 9.45. The molecule has 0 radical (unpaired) electrons. The van der Waals surface area contributed by atoms with Gasteiger partial charge in [-0.2, -0.15) is 0 Å². The minimum absolute atomic E-state index is 0.0626. The van der Waals surface area contributed by atoms with Crippen molar-refractivity contribution in [2.75, 3.05) is 6.01 Å². The molecule has 0 amide bonds. The summed E-state index contributed by atoms with van der Waals surface area (Å²) in [7, 11) is 0. The van der Waals surface area contributed by atoms with Crippen molar-refractivity contribution in [3.8, 4) is 0 Å². The summed E-state index contributed by atoms with van der Waals surface area (Å²) in [6, 6.07) is 1.97. The third-order valence-corrected chi connectivity index (χ3v) is 11.7. The summed E-state index contributed by atoms with van der Waals surface area (Å²) in [4.78, 5) is 39.2. The topological polar surface area (TPSA) is 80.7 Å². The van der Waals surface area contributed by atoms with Crippen molar-refractivity contribution in [3.63, 3.8) is 0 Å². The lowest BCUT2D eigenvalue weighted by molar-refractivity contribution is -0.184. The van der Waals surface area contributed by atoms with Crippen LogP contribution in [0, 0.1) is 28.6 Å². The molecule has 11 heteroatoms. The number of ketones is 1. The normalized spacial score (nSPS) is 41.9. The summed E-state index contributed by atoms with van der Waals surface area (Å²) in [6.45, 7) is 4.89. The maximum Gasteiger partial charge on any atom is 0.349 e. The van der Waals surface area contributed by atoms with Crippen molar-refractivity contribution in [3.05, 3.63) is 44.8 Å². The van der Waals surface area contributed by atoms with Crippen LogP contribution in [0.1, 0.15) is 56.1 Å². The Morgan fingerprint density at radius 1 is 1.21 bits per heavy atom. The second kappa shape index (κ2) is 9.13. The minimum Gasteiger partial charge on any atom is -0.511 e. The molecule has 0 saturated heterocycles. The Kier molecular flexibility index (Phi) is 6.67. The summed E-state index contributed by atoms with van der Waals surface area (Å²) >= 11 is 7.38. The Hall–Kier alpha value is -1.78. The van der Waals surface area contributed by atoms with Gasteiger partial charge in [-0.15, -0.1) is 11.3 Å². The Labute approximate surface area is 231 Å². The number of esters is 1. The lowest BCUT2D eigenvalue weighted by Crippen LogP contribution is -2.66. The third kappa shape index (κ3) is 3.48. The Morgan fingerprint density at radius 3 is 2.55 bits per heavy atom. The first-order valence-electron chi connectivity index (χ1n) is 12.5. The zero-order chi connectivity index (χ0) is 27.8. The van der Waals surface area contributed by atoms with Crippen molar-refractivity contribution >= 4 is 51.6 Å². The maximum atomic E-state index is 17.4. The highest BCUT2D eigenvalue weighted by atomic mass is 35.5. The van der Waals surface area contributed by atoms with Crippen molar-refractivity contribution in [2.24, 2.45) is 28.6 Å². The molecule has 3 fully saturated rings. The zero-order valence-corrected chi connectivity index (χ0v) is 23.5. The van der Waals surface area contributed by atoms with Gasteiger partial charge in [0, 0.05) is 23.3 Å². The molecule has 1 aromatic rings. The van der Waals surface area contributed by atoms with Gasteiger partial charge in [-0.05, 0) is 74.1 Å². The van der Waals surface area contributed by atoms with E-state index in [1.807, 2.05) is 0 Å². The highest BCUT2D eigenvalue weighted by molar-refractivity contribution is 8.13. The van der Waals surface area contributed by atoms with Gasteiger partial charge in [0.05, 0.1) is 9.75 Å². The summed E-state index contributed by atoms with van der Waals surface area (Å²) in [5.41, 5.74) is -6.87. The van der Waals surface area contributed by atoms with E-state index in [1.165, 1.54) is 19.1 Å². The van der Waals surface area contributed by atoms with Gasteiger partial charge in [0.15, 0.2) is 11.4 Å². The number of aliphatic hydroxyl groups excluding tert-OH is 1. The van der Waals surface area contributed by atoms with E-state index in [-0.39, 0.29) is 36.1 Å². The van der Waals surface area contributed by atoms with Crippen molar-refractivity contribution in [1.29, 1.82) is 0 Å². The van der Waals surface area contributed by atoms with Crippen molar-refractivity contribution in [1.82, 2.24) is 0 Å². The molecule has 206 valence electrons. The third-order valence-electron chi connectivity index (χ3n) is 9.86. The van der Waals surface area contributed by atoms with E-state index in [0.717, 1.165) is 23.5 Å². The number of allylic oxidation sites excluding steroid dienone is 3. The number of rotatable bonds is 4. The van der Waals surface area contributed by atoms with Gasteiger partial charge in [0.25, 0.3) is 0 Å². The van der Waals surface area contributed by atoms with E-state index < -0.39 is 74.7 Å². The van der Waals surface area contributed by atoms with Gasteiger partial charge in [-0.25, -0.2) is 18.0 Å². The number of hydrogen-bond acceptors (Lipinski definition) is 7. The molecule has 1 heterocycles. The fourth-order valence-electron chi connectivity index (χ4n) is 7.99. The SMILES string of the molecule is C[C@@H]1C[C@H]2[C@@H]3C[C@H](F)C4=CC(=O)C=C(O)[C@]4(C)[C@@]3(F)CC[C@]2(C)[C@@]1(OC(=O)c1ccc(Cl)s1)C(=O)SCF. The number of ether oxygens (including phenoxy) is 1. The van der Waals surface area contributed by atoms with Crippen LogP contribution in [0.3, 0.4) is 0 Å². The van der Waals surface area contributed by atoms with E-state index in [9.17, 15) is 23.9 Å². The predicted molar refractivity (Wildman–Crippen MR) is 139 cm³/mol. The summed E-state index contributed by atoms with van der Waals surface area (Å²) < 4.78 is 53.0. The smallest absolute Gasteiger partial charge is 0.349 e. The van der Waals surface area contributed by atoms with Gasteiger partial charge in [-0.3, -0.25) is 9.59 Å². The molecule has 1 N–H and O–H groups in total. The quantitative estimate of drug-likeness (QED) is 0.383. The summed E-state index contributed by atoms with van der Waals surface area (Å²) in [5, 5.41) is 10.2. The van der Waals surface area contributed by atoms with Gasteiger partial charge >= 0.3 is 5.97 Å². The number of carbonyl (C=O) groups excluding carboxylic acids is 3. The highest BCUT2D eigenvalue weighted by Crippen LogP contribution is 2.72. The standard InChI is InChI=1S/C27H28ClF3O5S2/c1-13-8-15-16-11-18(30)17-9-14(32)10-20(33)25(17,3)26(16,31)7-6-24(15,2)27(13,23(35)37-12-29)36-22(34)19-4-5-21(28)38-19/h4-5,9-10,13,15-16,18,33H,6-8,11-12H2,1-3H3/t13-,15+,16+,18+,24+,25-,26-,27+/m1/s1.